The van der Waals surface area contributed by atoms with Gasteiger partial charge >= 0.3 is 0 Å². The molecule has 0 aromatic heterocycles. The van der Waals surface area contributed by atoms with Crippen LogP contribution in [0.25, 0.3) is 0 Å². The van der Waals surface area contributed by atoms with Gasteiger partial charge in [-0.15, -0.1) is 0 Å². The van der Waals surface area contributed by atoms with E-state index in [1.165, 1.54) is 5.56 Å². The summed E-state index contributed by atoms with van der Waals surface area (Å²) in [4.78, 5) is 13.9. The van der Waals surface area contributed by atoms with Gasteiger partial charge in [-0.2, -0.15) is 0 Å². The second kappa shape index (κ2) is 5.81. The van der Waals surface area contributed by atoms with E-state index in [4.69, 9.17) is 10.5 Å². The lowest BCUT2D eigenvalue weighted by Crippen LogP contribution is -2.63. The first-order valence-corrected chi connectivity index (χ1v) is 7.50. The Morgan fingerprint density at radius 2 is 1.73 bits per heavy atom. The van der Waals surface area contributed by atoms with Gasteiger partial charge in [-0.05, 0) is 43.7 Å². The van der Waals surface area contributed by atoms with Crippen molar-refractivity contribution in [2.24, 2.45) is 5.73 Å². The molecular formula is C18H20N2O2. The fourth-order valence-electron chi connectivity index (χ4n) is 2.79. The molecule has 114 valence electrons. The van der Waals surface area contributed by atoms with Gasteiger partial charge in [0, 0.05) is 5.69 Å². The summed E-state index contributed by atoms with van der Waals surface area (Å²) >= 11 is 0. The van der Waals surface area contributed by atoms with Crippen molar-refractivity contribution in [3.63, 3.8) is 0 Å². The molecule has 4 nitrogen and oxygen atoms in total. The number of β-lactam (4-membered cyclic amide) rings is 1. The highest BCUT2D eigenvalue weighted by molar-refractivity contribution is 6.05. The third-order valence-corrected chi connectivity index (χ3v) is 3.99. The largest absolute Gasteiger partial charge is 0.494 e. The molecule has 1 saturated heterocycles. The third kappa shape index (κ3) is 2.46. The van der Waals surface area contributed by atoms with Crippen LogP contribution in [-0.2, 0) is 4.79 Å². The summed E-state index contributed by atoms with van der Waals surface area (Å²) in [6.07, 6.45) is 0. The quantitative estimate of drug-likeness (QED) is 0.883. The third-order valence-electron chi connectivity index (χ3n) is 3.99. The fraction of sp³-hybridized carbons (Fsp3) is 0.278. The first-order chi connectivity index (χ1) is 10.6. The van der Waals surface area contributed by atoms with Crippen LogP contribution < -0.4 is 15.4 Å². The maximum atomic E-state index is 12.2. The number of nitrogens with zero attached hydrogens (tertiary/aromatic N) is 1. The molecule has 0 radical (unpaired) electrons. The molecule has 1 amide bonds. The second-order valence-electron chi connectivity index (χ2n) is 5.52. The summed E-state index contributed by atoms with van der Waals surface area (Å²) in [5.41, 5.74) is 9.13. The predicted octanol–water partition coefficient (Wildman–Crippen LogP) is 2.81. The molecule has 0 aliphatic carbocycles. The van der Waals surface area contributed by atoms with Crippen LogP contribution in [0, 0.1) is 6.92 Å². The van der Waals surface area contributed by atoms with E-state index in [-0.39, 0.29) is 11.9 Å². The Kier molecular flexibility index (Phi) is 3.86. The van der Waals surface area contributed by atoms with Crippen LogP contribution in [-0.4, -0.2) is 18.6 Å². The summed E-state index contributed by atoms with van der Waals surface area (Å²) in [5, 5.41) is 0. The maximum Gasteiger partial charge on any atom is 0.247 e. The van der Waals surface area contributed by atoms with E-state index in [1.807, 2.05) is 62.4 Å². The lowest BCUT2D eigenvalue weighted by molar-refractivity contribution is -0.126. The molecule has 0 saturated carbocycles. The highest BCUT2D eigenvalue weighted by atomic mass is 16.5. The monoisotopic (exact) mass is 296 g/mol. The van der Waals surface area contributed by atoms with Crippen molar-refractivity contribution in [2.45, 2.75) is 25.9 Å². The van der Waals surface area contributed by atoms with E-state index in [0.717, 1.165) is 17.0 Å². The molecule has 2 atom stereocenters. The molecular weight excluding hydrogens is 276 g/mol. The summed E-state index contributed by atoms with van der Waals surface area (Å²) in [6, 6.07) is 15.1. The molecule has 1 aliphatic heterocycles. The number of amides is 1. The molecule has 0 spiro atoms. The number of anilines is 1. The molecule has 0 bridgehead atoms. The fourth-order valence-corrected chi connectivity index (χ4v) is 2.79. The van der Waals surface area contributed by atoms with Crippen molar-refractivity contribution in [3.8, 4) is 5.75 Å². The van der Waals surface area contributed by atoms with Crippen molar-refractivity contribution < 1.29 is 9.53 Å². The number of carbonyl (C=O) groups is 1. The Morgan fingerprint density at radius 3 is 2.32 bits per heavy atom. The average molecular weight is 296 g/mol. The van der Waals surface area contributed by atoms with Crippen LogP contribution in [0.5, 0.6) is 5.75 Å². The summed E-state index contributed by atoms with van der Waals surface area (Å²) < 4.78 is 5.44. The number of aryl methyl sites for hydroxylation is 1. The molecule has 2 aromatic rings. The van der Waals surface area contributed by atoms with Crippen LogP contribution in [0.15, 0.2) is 48.5 Å². The van der Waals surface area contributed by atoms with Crippen molar-refractivity contribution in [3.05, 3.63) is 59.7 Å². The Bertz CT molecular complexity index is 664. The smallest absolute Gasteiger partial charge is 0.247 e. The van der Waals surface area contributed by atoms with Gasteiger partial charge in [-0.3, -0.25) is 4.79 Å². The average Bonchev–Trinajstić information content (AvgIpc) is 2.54. The Balaban J connectivity index is 1.87. The van der Waals surface area contributed by atoms with Gasteiger partial charge in [0.25, 0.3) is 0 Å². The standard InChI is InChI=1S/C18H20N2O2/c1-3-22-15-10-8-14(9-11-15)20-17(16(19)18(20)21)13-6-4-12(2)5-7-13/h4-11,16-17H,3,19H2,1-2H3/t16-,17+/m1/s1. The van der Waals surface area contributed by atoms with E-state index >= 15 is 0 Å². The van der Waals surface area contributed by atoms with Crippen molar-refractivity contribution >= 4 is 11.6 Å². The van der Waals surface area contributed by atoms with E-state index in [2.05, 4.69) is 0 Å². The van der Waals surface area contributed by atoms with E-state index in [0.29, 0.717) is 6.61 Å². The minimum atomic E-state index is -0.478. The lowest BCUT2D eigenvalue weighted by atomic mass is 9.88. The van der Waals surface area contributed by atoms with Gasteiger partial charge in [0.1, 0.15) is 11.8 Å². The predicted molar refractivity (Wildman–Crippen MR) is 87.0 cm³/mol. The van der Waals surface area contributed by atoms with E-state index < -0.39 is 6.04 Å². The SMILES string of the molecule is CCOc1ccc(N2C(=O)[C@H](N)[C@@H]2c2ccc(C)cc2)cc1. The molecule has 3 rings (SSSR count). The summed E-state index contributed by atoms with van der Waals surface area (Å²) in [7, 11) is 0. The van der Waals surface area contributed by atoms with E-state index in [1.54, 1.807) is 4.90 Å². The number of nitrogens with two attached hydrogens (primary N) is 1. The summed E-state index contributed by atoms with van der Waals surface area (Å²) in [5.74, 6) is 0.755. The number of rotatable bonds is 4. The van der Waals surface area contributed by atoms with Crippen LogP contribution >= 0.6 is 0 Å². The molecule has 1 fully saturated rings. The lowest BCUT2D eigenvalue weighted by Gasteiger charge is -2.45. The van der Waals surface area contributed by atoms with Gasteiger partial charge in [-0.1, -0.05) is 29.8 Å². The number of hydrogen-bond acceptors (Lipinski definition) is 3. The number of hydrogen-bond donors (Lipinski definition) is 1. The van der Waals surface area contributed by atoms with Crippen LogP contribution in [0.2, 0.25) is 0 Å². The molecule has 2 N–H and O–H groups in total. The first kappa shape index (κ1) is 14.6. The second-order valence-corrected chi connectivity index (χ2v) is 5.52. The normalized spacial score (nSPS) is 20.7. The zero-order valence-electron chi connectivity index (χ0n) is 12.8. The minimum absolute atomic E-state index is 0.0465. The first-order valence-electron chi connectivity index (χ1n) is 7.50. The zero-order chi connectivity index (χ0) is 15.7. The number of carbonyl (C=O) groups excluding carboxylic acids is 1. The molecule has 1 aliphatic rings. The van der Waals surface area contributed by atoms with Gasteiger partial charge in [0.2, 0.25) is 5.91 Å². The number of ether oxygens (including phenoxy) is 1. The summed E-state index contributed by atoms with van der Waals surface area (Å²) in [6.45, 7) is 4.61. The van der Waals surface area contributed by atoms with Gasteiger partial charge in [0.15, 0.2) is 0 Å². The Hall–Kier alpha value is -2.33. The molecule has 0 unspecified atom stereocenters. The number of benzene rings is 2. The Morgan fingerprint density at radius 1 is 1.09 bits per heavy atom. The van der Waals surface area contributed by atoms with Crippen LogP contribution in [0.4, 0.5) is 5.69 Å². The molecule has 2 aromatic carbocycles. The zero-order valence-corrected chi connectivity index (χ0v) is 12.8. The van der Waals surface area contributed by atoms with Crippen LogP contribution in [0.3, 0.4) is 0 Å². The topological polar surface area (TPSA) is 55.6 Å². The van der Waals surface area contributed by atoms with Crippen molar-refractivity contribution in [1.29, 1.82) is 0 Å². The highest BCUT2D eigenvalue weighted by Gasteiger charge is 2.46. The molecule has 22 heavy (non-hydrogen) atoms. The maximum absolute atomic E-state index is 12.2. The van der Waals surface area contributed by atoms with Crippen LogP contribution in [0.1, 0.15) is 24.1 Å². The van der Waals surface area contributed by atoms with Crippen molar-refractivity contribution in [2.75, 3.05) is 11.5 Å². The minimum Gasteiger partial charge on any atom is -0.494 e. The van der Waals surface area contributed by atoms with Gasteiger partial charge in [0.05, 0.1) is 12.6 Å². The van der Waals surface area contributed by atoms with E-state index in [9.17, 15) is 4.79 Å². The Labute approximate surface area is 130 Å². The van der Waals surface area contributed by atoms with Crippen molar-refractivity contribution in [1.82, 2.24) is 0 Å². The molecule has 4 heteroatoms. The molecule has 1 heterocycles. The van der Waals surface area contributed by atoms with Gasteiger partial charge in [-0.25, -0.2) is 0 Å². The highest BCUT2D eigenvalue weighted by Crippen LogP contribution is 2.38. The van der Waals surface area contributed by atoms with Gasteiger partial charge < -0.3 is 15.4 Å².